The molecular formula is C13H12ClFOS. The predicted molar refractivity (Wildman–Crippen MR) is 69.3 cm³/mol. The minimum absolute atomic E-state index is 0.251. The summed E-state index contributed by atoms with van der Waals surface area (Å²) < 4.78 is 12.9. The number of aryl methyl sites for hydroxylation is 2. The molecule has 0 aliphatic carbocycles. The average molecular weight is 271 g/mol. The molecule has 17 heavy (non-hydrogen) atoms. The smallest absolute Gasteiger partial charge is 0.124 e. The Labute approximate surface area is 108 Å². The maximum atomic E-state index is 12.9. The van der Waals surface area contributed by atoms with Crippen molar-refractivity contribution in [3.63, 3.8) is 0 Å². The normalized spacial score (nSPS) is 12.8. The van der Waals surface area contributed by atoms with Gasteiger partial charge in [-0.3, -0.25) is 0 Å². The first kappa shape index (κ1) is 12.6. The molecule has 1 aromatic carbocycles. The van der Waals surface area contributed by atoms with Gasteiger partial charge in [0, 0.05) is 20.3 Å². The van der Waals surface area contributed by atoms with Gasteiger partial charge in [0.25, 0.3) is 0 Å². The molecule has 1 aromatic heterocycles. The highest BCUT2D eigenvalue weighted by molar-refractivity contribution is 7.12. The molecule has 0 aliphatic rings. The number of aliphatic hydroxyl groups is 1. The van der Waals surface area contributed by atoms with E-state index in [0.29, 0.717) is 5.56 Å². The number of hydrogen-bond acceptors (Lipinski definition) is 2. The summed E-state index contributed by atoms with van der Waals surface area (Å²) in [5.74, 6) is -0.399. The van der Waals surface area contributed by atoms with Crippen LogP contribution in [0.3, 0.4) is 0 Å². The highest BCUT2D eigenvalue weighted by atomic mass is 35.5. The zero-order valence-electron chi connectivity index (χ0n) is 9.50. The third kappa shape index (κ3) is 2.51. The first-order chi connectivity index (χ1) is 7.99. The summed E-state index contributed by atoms with van der Waals surface area (Å²) >= 11 is 7.56. The van der Waals surface area contributed by atoms with Crippen LogP contribution in [0, 0.1) is 19.7 Å². The molecular weight excluding hydrogens is 259 g/mol. The van der Waals surface area contributed by atoms with E-state index >= 15 is 0 Å². The minimum Gasteiger partial charge on any atom is -0.384 e. The molecule has 4 heteroatoms. The van der Waals surface area contributed by atoms with Gasteiger partial charge in [-0.2, -0.15) is 0 Å². The summed E-state index contributed by atoms with van der Waals surface area (Å²) in [4.78, 5) is 2.19. The molecule has 0 amide bonds. The zero-order chi connectivity index (χ0) is 12.6. The van der Waals surface area contributed by atoms with Gasteiger partial charge < -0.3 is 5.11 Å². The van der Waals surface area contributed by atoms with Gasteiger partial charge in [-0.05, 0) is 37.6 Å². The molecule has 1 N–H and O–H groups in total. The third-order valence-corrected chi connectivity index (χ3v) is 3.94. The van der Waals surface area contributed by atoms with Gasteiger partial charge in [0.1, 0.15) is 11.9 Å². The summed E-state index contributed by atoms with van der Waals surface area (Å²) in [7, 11) is 0. The van der Waals surface area contributed by atoms with Crippen molar-refractivity contribution in [1.29, 1.82) is 0 Å². The third-order valence-electron chi connectivity index (χ3n) is 2.63. The van der Waals surface area contributed by atoms with Gasteiger partial charge in [0.05, 0.1) is 0 Å². The quantitative estimate of drug-likeness (QED) is 0.865. The van der Waals surface area contributed by atoms with E-state index in [-0.39, 0.29) is 5.02 Å². The van der Waals surface area contributed by atoms with Gasteiger partial charge in [0.2, 0.25) is 0 Å². The van der Waals surface area contributed by atoms with Crippen LogP contribution in [0.4, 0.5) is 4.39 Å². The molecule has 0 saturated carbocycles. The van der Waals surface area contributed by atoms with Crippen LogP contribution < -0.4 is 0 Å². The summed E-state index contributed by atoms with van der Waals surface area (Å²) in [6.45, 7) is 3.94. The molecule has 0 bridgehead atoms. The summed E-state index contributed by atoms with van der Waals surface area (Å²) in [6.07, 6.45) is -0.798. The largest absolute Gasteiger partial charge is 0.384 e. The predicted octanol–water partition coefficient (Wildman–Crippen LogP) is 4.24. The molecule has 0 saturated heterocycles. The molecule has 0 spiro atoms. The van der Waals surface area contributed by atoms with Crippen molar-refractivity contribution in [3.05, 3.63) is 56.0 Å². The van der Waals surface area contributed by atoms with E-state index < -0.39 is 11.9 Å². The lowest BCUT2D eigenvalue weighted by molar-refractivity contribution is 0.220. The highest BCUT2D eigenvalue weighted by Crippen LogP contribution is 2.33. The second kappa shape index (κ2) is 4.77. The van der Waals surface area contributed by atoms with Crippen molar-refractivity contribution in [3.8, 4) is 0 Å². The van der Waals surface area contributed by atoms with Crippen molar-refractivity contribution in [2.75, 3.05) is 0 Å². The summed E-state index contributed by atoms with van der Waals surface area (Å²) in [5.41, 5.74) is 1.37. The van der Waals surface area contributed by atoms with Crippen LogP contribution in [-0.2, 0) is 0 Å². The van der Waals surface area contributed by atoms with Crippen LogP contribution in [0.25, 0.3) is 0 Å². The molecule has 1 unspecified atom stereocenters. The Morgan fingerprint density at radius 3 is 2.47 bits per heavy atom. The lowest BCUT2D eigenvalue weighted by atomic mass is 10.0. The second-order valence-electron chi connectivity index (χ2n) is 3.94. The molecule has 1 heterocycles. The van der Waals surface area contributed by atoms with E-state index in [2.05, 4.69) is 0 Å². The Kier molecular flexibility index (Phi) is 3.52. The number of benzene rings is 1. The Morgan fingerprint density at radius 1 is 1.24 bits per heavy atom. The van der Waals surface area contributed by atoms with Gasteiger partial charge in [-0.1, -0.05) is 17.7 Å². The molecule has 90 valence electrons. The Bertz CT molecular complexity index is 550. The zero-order valence-corrected chi connectivity index (χ0v) is 11.1. The van der Waals surface area contributed by atoms with E-state index in [1.165, 1.54) is 18.2 Å². The first-order valence-corrected chi connectivity index (χ1v) is 6.38. The van der Waals surface area contributed by atoms with E-state index in [0.717, 1.165) is 15.3 Å². The molecule has 0 aliphatic heterocycles. The fourth-order valence-corrected chi connectivity index (χ4v) is 3.04. The highest BCUT2D eigenvalue weighted by Gasteiger charge is 2.18. The Hall–Kier alpha value is -0.900. The van der Waals surface area contributed by atoms with E-state index in [9.17, 15) is 9.50 Å². The molecule has 2 rings (SSSR count). The van der Waals surface area contributed by atoms with Crippen molar-refractivity contribution in [1.82, 2.24) is 0 Å². The van der Waals surface area contributed by atoms with E-state index in [1.54, 1.807) is 11.3 Å². The average Bonchev–Trinajstić information content (AvgIpc) is 2.57. The van der Waals surface area contributed by atoms with Gasteiger partial charge in [-0.15, -0.1) is 11.3 Å². The van der Waals surface area contributed by atoms with Gasteiger partial charge >= 0.3 is 0 Å². The Balaban J connectivity index is 2.43. The molecule has 1 atom stereocenters. The van der Waals surface area contributed by atoms with Crippen molar-refractivity contribution >= 4 is 22.9 Å². The molecule has 1 nitrogen and oxygen atoms in total. The molecule has 0 radical (unpaired) electrons. The van der Waals surface area contributed by atoms with Crippen LogP contribution in [0.2, 0.25) is 5.02 Å². The fourth-order valence-electron chi connectivity index (χ4n) is 1.81. The van der Waals surface area contributed by atoms with Crippen LogP contribution in [0.5, 0.6) is 0 Å². The molecule has 2 aromatic rings. The maximum Gasteiger partial charge on any atom is 0.124 e. The number of thiophene rings is 1. The van der Waals surface area contributed by atoms with E-state index in [4.69, 9.17) is 11.6 Å². The lowest BCUT2D eigenvalue weighted by Gasteiger charge is -2.12. The fraction of sp³-hybridized carbons (Fsp3) is 0.231. The maximum absolute atomic E-state index is 12.9. The number of aliphatic hydroxyl groups excluding tert-OH is 1. The van der Waals surface area contributed by atoms with Crippen LogP contribution in [0.15, 0.2) is 24.3 Å². The van der Waals surface area contributed by atoms with Crippen LogP contribution >= 0.6 is 22.9 Å². The van der Waals surface area contributed by atoms with Crippen molar-refractivity contribution < 1.29 is 9.50 Å². The minimum atomic E-state index is -0.798. The number of rotatable bonds is 2. The summed E-state index contributed by atoms with van der Waals surface area (Å²) in [5, 5.41) is 10.5. The molecule has 0 fully saturated rings. The first-order valence-electron chi connectivity index (χ1n) is 5.19. The van der Waals surface area contributed by atoms with Gasteiger partial charge in [0.15, 0.2) is 0 Å². The number of hydrogen-bond donors (Lipinski definition) is 1. The SMILES string of the molecule is Cc1cc(C(O)c2ccc(F)cc2Cl)c(C)s1. The number of halogens is 2. The van der Waals surface area contributed by atoms with Crippen molar-refractivity contribution in [2.24, 2.45) is 0 Å². The van der Waals surface area contributed by atoms with Gasteiger partial charge in [-0.25, -0.2) is 4.39 Å². The van der Waals surface area contributed by atoms with E-state index in [1.807, 2.05) is 19.9 Å². The van der Waals surface area contributed by atoms with Crippen LogP contribution in [-0.4, -0.2) is 5.11 Å². The van der Waals surface area contributed by atoms with Crippen molar-refractivity contribution in [2.45, 2.75) is 20.0 Å². The topological polar surface area (TPSA) is 20.2 Å². The lowest BCUT2D eigenvalue weighted by Crippen LogP contribution is -2.00. The Morgan fingerprint density at radius 2 is 1.94 bits per heavy atom. The monoisotopic (exact) mass is 270 g/mol. The van der Waals surface area contributed by atoms with Crippen LogP contribution in [0.1, 0.15) is 27.0 Å². The second-order valence-corrected chi connectivity index (χ2v) is 5.80. The summed E-state index contributed by atoms with van der Waals surface area (Å²) in [6, 6.07) is 5.98. The standard InChI is InChI=1S/C13H12ClFOS/c1-7-5-11(8(2)17-7)13(16)10-4-3-9(15)6-12(10)14/h3-6,13,16H,1-2H3.